The molecule has 3 heterocycles. The molecule has 5 rings (SSSR count). The van der Waals surface area contributed by atoms with Gasteiger partial charge in [-0.05, 0) is 64.0 Å². The molecule has 0 radical (unpaired) electrons. The molecule has 0 amide bonds. The lowest BCUT2D eigenvalue weighted by Gasteiger charge is -2.40. The summed E-state index contributed by atoms with van der Waals surface area (Å²) in [7, 11) is 0. The number of aliphatic hydroxyl groups excluding tert-OH is 1. The van der Waals surface area contributed by atoms with Crippen molar-refractivity contribution in [1.82, 2.24) is 24.3 Å². The van der Waals surface area contributed by atoms with E-state index in [0.29, 0.717) is 24.1 Å². The zero-order chi connectivity index (χ0) is 26.6. The van der Waals surface area contributed by atoms with Crippen molar-refractivity contribution in [3.05, 3.63) is 42.2 Å². The monoisotopic (exact) mass is 518 g/mol. The zero-order valence-electron chi connectivity index (χ0n) is 23.7. The van der Waals surface area contributed by atoms with Gasteiger partial charge in [-0.2, -0.15) is 4.98 Å². The van der Waals surface area contributed by atoms with Crippen molar-refractivity contribution in [3.8, 4) is 11.1 Å². The van der Waals surface area contributed by atoms with E-state index >= 15 is 0 Å². The standard InChI is InChI=1S/C31H46N6O/c1-5-6-15-32-31-33-20-28-29(21-37(30(28)34-31)26-11-13-27(38)14-12-26)25-9-7-24(8-10-25)23(4)36-18-16-35(17-19-36)22(2)3/h7-10,20-23,26-27,38H,5-6,11-19H2,1-4H3,(H,32,33,34)/t23-,26?,27?/m1/s1. The highest BCUT2D eigenvalue weighted by atomic mass is 16.3. The van der Waals surface area contributed by atoms with Crippen LogP contribution in [-0.2, 0) is 0 Å². The highest BCUT2D eigenvalue weighted by Crippen LogP contribution is 2.37. The van der Waals surface area contributed by atoms with E-state index in [1.54, 1.807) is 0 Å². The van der Waals surface area contributed by atoms with Crippen LogP contribution in [0.4, 0.5) is 5.95 Å². The largest absolute Gasteiger partial charge is 0.393 e. The van der Waals surface area contributed by atoms with E-state index in [-0.39, 0.29) is 6.10 Å². The fraction of sp³-hybridized carbons (Fsp3) is 0.613. The van der Waals surface area contributed by atoms with Gasteiger partial charge >= 0.3 is 0 Å². The number of benzene rings is 1. The van der Waals surface area contributed by atoms with Crippen LogP contribution in [0.25, 0.3) is 22.2 Å². The van der Waals surface area contributed by atoms with Crippen molar-refractivity contribution in [2.45, 2.75) is 90.4 Å². The van der Waals surface area contributed by atoms with E-state index in [2.05, 4.69) is 82.8 Å². The van der Waals surface area contributed by atoms with Gasteiger partial charge in [0, 0.05) is 74.2 Å². The van der Waals surface area contributed by atoms with Crippen molar-refractivity contribution in [2.75, 3.05) is 38.0 Å². The summed E-state index contributed by atoms with van der Waals surface area (Å²) < 4.78 is 2.36. The van der Waals surface area contributed by atoms with Gasteiger partial charge in [-0.1, -0.05) is 37.6 Å². The normalized spacial score (nSPS) is 22.3. The van der Waals surface area contributed by atoms with E-state index in [0.717, 1.165) is 82.3 Å². The summed E-state index contributed by atoms with van der Waals surface area (Å²) in [4.78, 5) is 14.8. The maximum atomic E-state index is 10.1. The molecule has 206 valence electrons. The summed E-state index contributed by atoms with van der Waals surface area (Å²) >= 11 is 0. The second-order valence-corrected chi connectivity index (χ2v) is 11.6. The predicted octanol–water partition coefficient (Wildman–Crippen LogP) is 5.87. The Morgan fingerprint density at radius 1 is 0.974 bits per heavy atom. The second kappa shape index (κ2) is 12.1. The highest BCUT2D eigenvalue weighted by Gasteiger charge is 2.25. The topological polar surface area (TPSA) is 69.5 Å². The molecule has 0 spiro atoms. The van der Waals surface area contributed by atoms with Crippen molar-refractivity contribution in [2.24, 2.45) is 0 Å². The fourth-order valence-corrected chi connectivity index (χ4v) is 6.13. The molecular formula is C31H46N6O. The maximum absolute atomic E-state index is 10.1. The summed E-state index contributed by atoms with van der Waals surface area (Å²) in [6, 6.07) is 10.5. The molecule has 1 aromatic carbocycles. The molecule has 2 aromatic heterocycles. The van der Waals surface area contributed by atoms with Crippen LogP contribution in [0.15, 0.2) is 36.7 Å². The minimum absolute atomic E-state index is 0.170. The minimum Gasteiger partial charge on any atom is -0.393 e. The summed E-state index contributed by atoms with van der Waals surface area (Å²) in [6.45, 7) is 14.5. The van der Waals surface area contributed by atoms with Gasteiger partial charge in [-0.15, -0.1) is 0 Å². The lowest BCUT2D eigenvalue weighted by atomic mass is 9.93. The third-order valence-electron chi connectivity index (χ3n) is 8.78. The molecule has 0 unspecified atom stereocenters. The van der Waals surface area contributed by atoms with Gasteiger partial charge in [0.05, 0.1) is 6.10 Å². The summed E-state index contributed by atoms with van der Waals surface area (Å²) in [5, 5.41) is 14.6. The van der Waals surface area contributed by atoms with Gasteiger partial charge in [0.1, 0.15) is 5.65 Å². The number of nitrogens with one attached hydrogen (secondary N) is 1. The molecule has 1 saturated carbocycles. The van der Waals surface area contributed by atoms with E-state index in [9.17, 15) is 5.11 Å². The molecule has 1 saturated heterocycles. The zero-order valence-corrected chi connectivity index (χ0v) is 23.7. The summed E-state index contributed by atoms with van der Waals surface area (Å²) in [5.41, 5.74) is 4.77. The predicted molar refractivity (Wildman–Crippen MR) is 157 cm³/mol. The summed E-state index contributed by atoms with van der Waals surface area (Å²) in [5.74, 6) is 0.703. The first-order valence-corrected chi connectivity index (χ1v) is 14.8. The number of hydrogen-bond donors (Lipinski definition) is 2. The quantitative estimate of drug-likeness (QED) is 0.345. The van der Waals surface area contributed by atoms with Crippen LogP contribution in [0.1, 0.15) is 83.9 Å². The number of aromatic nitrogens is 3. The van der Waals surface area contributed by atoms with Gasteiger partial charge in [0.15, 0.2) is 0 Å². The molecule has 0 bridgehead atoms. The van der Waals surface area contributed by atoms with Crippen LogP contribution in [0, 0.1) is 0 Å². The number of unbranched alkanes of at least 4 members (excludes halogenated alkanes) is 1. The first kappa shape index (κ1) is 27.1. The van der Waals surface area contributed by atoms with Gasteiger partial charge in [0.25, 0.3) is 0 Å². The molecule has 1 atom stereocenters. The van der Waals surface area contributed by atoms with E-state index in [1.165, 1.54) is 16.7 Å². The molecule has 2 aliphatic rings. The molecule has 7 heteroatoms. The molecule has 1 aliphatic carbocycles. The number of aliphatic hydroxyl groups is 1. The van der Waals surface area contributed by atoms with Crippen molar-refractivity contribution in [1.29, 1.82) is 0 Å². The highest BCUT2D eigenvalue weighted by molar-refractivity contribution is 5.94. The van der Waals surface area contributed by atoms with Crippen molar-refractivity contribution < 1.29 is 5.11 Å². The Morgan fingerprint density at radius 3 is 2.32 bits per heavy atom. The number of hydrogen-bond acceptors (Lipinski definition) is 6. The Bertz CT molecular complexity index is 1170. The SMILES string of the molecule is CCCCNc1ncc2c(-c3ccc([C@@H](C)N4CCN(C(C)C)CC4)cc3)cn(C3CCC(O)CC3)c2n1. The van der Waals surface area contributed by atoms with Crippen LogP contribution in [0.2, 0.25) is 0 Å². The third kappa shape index (κ3) is 5.90. The Balaban J connectivity index is 1.39. The Kier molecular flexibility index (Phi) is 8.66. The van der Waals surface area contributed by atoms with Crippen LogP contribution >= 0.6 is 0 Å². The van der Waals surface area contributed by atoms with Crippen LogP contribution in [-0.4, -0.2) is 74.3 Å². The fourth-order valence-electron chi connectivity index (χ4n) is 6.13. The van der Waals surface area contributed by atoms with E-state index < -0.39 is 0 Å². The van der Waals surface area contributed by atoms with Gasteiger partial charge in [-0.3, -0.25) is 9.80 Å². The number of nitrogens with zero attached hydrogens (tertiary/aromatic N) is 5. The van der Waals surface area contributed by atoms with Gasteiger partial charge in [0.2, 0.25) is 5.95 Å². The molecule has 2 fully saturated rings. The number of fused-ring (bicyclic) bond motifs is 1. The minimum atomic E-state index is -0.170. The number of piperazine rings is 1. The maximum Gasteiger partial charge on any atom is 0.224 e. The van der Waals surface area contributed by atoms with Crippen LogP contribution < -0.4 is 5.32 Å². The Labute approximate surface area is 228 Å². The Morgan fingerprint density at radius 2 is 1.66 bits per heavy atom. The molecule has 7 nitrogen and oxygen atoms in total. The van der Waals surface area contributed by atoms with Crippen LogP contribution in [0.5, 0.6) is 0 Å². The molecule has 3 aromatic rings. The Hall–Kier alpha value is -2.48. The lowest BCUT2D eigenvalue weighted by Crippen LogP contribution is -2.49. The molecule has 2 N–H and O–H groups in total. The second-order valence-electron chi connectivity index (χ2n) is 11.6. The van der Waals surface area contributed by atoms with Crippen molar-refractivity contribution >= 4 is 17.0 Å². The molecule has 38 heavy (non-hydrogen) atoms. The number of anilines is 1. The third-order valence-corrected chi connectivity index (χ3v) is 8.78. The average molecular weight is 519 g/mol. The first-order chi connectivity index (χ1) is 18.4. The van der Waals surface area contributed by atoms with E-state index in [4.69, 9.17) is 4.98 Å². The van der Waals surface area contributed by atoms with Gasteiger partial charge < -0.3 is 15.0 Å². The van der Waals surface area contributed by atoms with E-state index in [1.807, 2.05) is 6.20 Å². The molecular weight excluding hydrogens is 472 g/mol. The smallest absolute Gasteiger partial charge is 0.224 e. The first-order valence-electron chi connectivity index (χ1n) is 14.8. The van der Waals surface area contributed by atoms with Crippen LogP contribution in [0.3, 0.4) is 0 Å². The van der Waals surface area contributed by atoms with Gasteiger partial charge in [-0.25, -0.2) is 4.98 Å². The molecule has 1 aliphatic heterocycles. The van der Waals surface area contributed by atoms with Crippen molar-refractivity contribution in [3.63, 3.8) is 0 Å². The lowest BCUT2D eigenvalue weighted by molar-refractivity contribution is 0.0834. The summed E-state index contributed by atoms with van der Waals surface area (Å²) in [6.07, 6.45) is 10.0. The average Bonchev–Trinajstić information content (AvgIpc) is 3.32. The number of rotatable bonds is 9.